The lowest BCUT2D eigenvalue weighted by Crippen LogP contribution is -2.36. The average Bonchev–Trinajstić information content (AvgIpc) is 2.10. The van der Waals surface area contributed by atoms with Crippen molar-refractivity contribution in [3.8, 4) is 0 Å². The summed E-state index contributed by atoms with van der Waals surface area (Å²) < 4.78 is 0. The molecule has 0 spiro atoms. The predicted octanol–water partition coefficient (Wildman–Crippen LogP) is 3.24. The van der Waals surface area contributed by atoms with E-state index in [-0.39, 0.29) is 23.0 Å². The molecule has 0 heterocycles. The van der Waals surface area contributed by atoms with Gasteiger partial charge in [0.15, 0.2) is 11.6 Å². The summed E-state index contributed by atoms with van der Waals surface area (Å²) in [5.41, 5.74) is 1.08. The molecule has 0 aromatic heterocycles. The van der Waals surface area contributed by atoms with Gasteiger partial charge in [0, 0.05) is 24.6 Å². The van der Waals surface area contributed by atoms with Crippen molar-refractivity contribution in [3.63, 3.8) is 0 Å². The Balaban J connectivity index is 3.13. The van der Waals surface area contributed by atoms with Crippen LogP contribution in [0.25, 0.3) is 0 Å². The SMILES string of the molecule is CC(C)CC(NC(C)C)=C1C(=O)CC(C)(C)CC1=O. The quantitative estimate of drug-likeness (QED) is 0.627. The van der Waals surface area contributed by atoms with E-state index in [0.717, 1.165) is 12.1 Å². The summed E-state index contributed by atoms with van der Waals surface area (Å²) in [6.45, 7) is 12.2. The van der Waals surface area contributed by atoms with Gasteiger partial charge in [0.05, 0.1) is 5.57 Å². The highest BCUT2D eigenvalue weighted by Gasteiger charge is 2.37. The first-order valence-corrected chi connectivity index (χ1v) is 7.18. The van der Waals surface area contributed by atoms with Gasteiger partial charge in [-0.2, -0.15) is 0 Å². The largest absolute Gasteiger partial charge is 0.385 e. The Hall–Kier alpha value is -1.12. The number of rotatable bonds is 4. The average molecular weight is 265 g/mol. The fourth-order valence-electron chi connectivity index (χ4n) is 2.59. The molecule has 1 aliphatic carbocycles. The third-order valence-corrected chi connectivity index (χ3v) is 3.21. The molecule has 0 saturated heterocycles. The van der Waals surface area contributed by atoms with Gasteiger partial charge >= 0.3 is 0 Å². The Kier molecular flexibility index (Phi) is 4.94. The van der Waals surface area contributed by atoms with E-state index < -0.39 is 0 Å². The second kappa shape index (κ2) is 5.89. The zero-order valence-electron chi connectivity index (χ0n) is 13.1. The first kappa shape index (κ1) is 15.9. The Morgan fingerprint density at radius 1 is 1.11 bits per heavy atom. The van der Waals surface area contributed by atoms with E-state index in [0.29, 0.717) is 24.3 Å². The molecule has 108 valence electrons. The Morgan fingerprint density at radius 3 is 1.95 bits per heavy atom. The van der Waals surface area contributed by atoms with E-state index in [2.05, 4.69) is 19.2 Å². The van der Waals surface area contributed by atoms with E-state index in [1.54, 1.807) is 0 Å². The molecule has 1 N–H and O–H groups in total. The van der Waals surface area contributed by atoms with E-state index in [4.69, 9.17) is 0 Å². The second-order valence-corrected chi connectivity index (χ2v) is 7.11. The number of ketones is 2. The molecule has 0 aromatic rings. The normalized spacial score (nSPS) is 19.3. The first-order chi connectivity index (χ1) is 8.62. The molecular weight excluding hydrogens is 238 g/mol. The zero-order chi connectivity index (χ0) is 14.8. The van der Waals surface area contributed by atoms with Gasteiger partial charge in [0.2, 0.25) is 0 Å². The van der Waals surface area contributed by atoms with E-state index in [9.17, 15) is 9.59 Å². The number of nitrogens with one attached hydrogen (secondary N) is 1. The van der Waals surface area contributed by atoms with E-state index in [1.165, 1.54) is 0 Å². The molecule has 1 rings (SSSR count). The fourth-order valence-corrected chi connectivity index (χ4v) is 2.59. The van der Waals surface area contributed by atoms with E-state index in [1.807, 2.05) is 27.7 Å². The van der Waals surface area contributed by atoms with Crippen LogP contribution in [0, 0.1) is 11.3 Å². The standard InChI is InChI=1S/C16H27NO2/c1-10(2)7-12(17-11(3)4)15-13(18)8-16(5,6)9-14(15)19/h10-11,17H,7-9H2,1-6H3. The molecule has 0 radical (unpaired) electrons. The van der Waals surface area contributed by atoms with Gasteiger partial charge in [-0.1, -0.05) is 27.7 Å². The number of Topliss-reactive ketones (excluding diaryl/α,β-unsaturated/α-hetero) is 2. The maximum Gasteiger partial charge on any atom is 0.168 e. The molecule has 0 amide bonds. The molecule has 0 aromatic carbocycles. The highest BCUT2D eigenvalue weighted by Crippen LogP contribution is 2.35. The van der Waals surface area contributed by atoms with Crippen LogP contribution in [0.5, 0.6) is 0 Å². The maximum absolute atomic E-state index is 12.3. The molecule has 0 aliphatic heterocycles. The highest BCUT2D eigenvalue weighted by molar-refractivity contribution is 6.22. The van der Waals surface area contributed by atoms with Crippen LogP contribution >= 0.6 is 0 Å². The van der Waals surface area contributed by atoms with Crippen LogP contribution in [0.15, 0.2) is 11.3 Å². The number of hydrogen-bond acceptors (Lipinski definition) is 3. The lowest BCUT2D eigenvalue weighted by Gasteiger charge is -2.30. The molecule has 1 aliphatic rings. The minimum Gasteiger partial charge on any atom is -0.385 e. The van der Waals surface area contributed by atoms with Gasteiger partial charge in [0.25, 0.3) is 0 Å². The van der Waals surface area contributed by atoms with Crippen molar-refractivity contribution in [2.45, 2.75) is 66.8 Å². The molecule has 0 atom stereocenters. The molecule has 1 fully saturated rings. The minimum atomic E-state index is -0.196. The zero-order valence-corrected chi connectivity index (χ0v) is 13.1. The maximum atomic E-state index is 12.3. The van der Waals surface area contributed by atoms with Gasteiger partial charge in [-0.05, 0) is 31.6 Å². The van der Waals surface area contributed by atoms with Crippen molar-refractivity contribution in [2.75, 3.05) is 0 Å². The van der Waals surface area contributed by atoms with Crippen LogP contribution in [-0.4, -0.2) is 17.6 Å². The van der Waals surface area contributed by atoms with Crippen molar-refractivity contribution in [1.29, 1.82) is 0 Å². The summed E-state index contributed by atoms with van der Waals surface area (Å²) >= 11 is 0. The third-order valence-electron chi connectivity index (χ3n) is 3.21. The van der Waals surface area contributed by atoms with Crippen molar-refractivity contribution in [1.82, 2.24) is 5.32 Å². The van der Waals surface area contributed by atoms with Crippen molar-refractivity contribution in [3.05, 3.63) is 11.3 Å². The van der Waals surface area contributed by atoms with Crippen LogP contribution in [0.3, 0.4) is 0 Å². The van der Waals surface area contributed by atoms with Crippen LogP contribution in [0.2, 0.25) is 0 Å². The van der Waals surface area contributed by atoms with Crippen molar-refractivity contribution < 1.29 is 9.59 Å². The molecule has 0 unspecified atom stereocenters. The third kappa shape index (κ3) is 4.48. The lowest BCUT2D eigenvalue weighted by molar-refractivity contribution is -0.127. The van der Waals surface area contributed by atoms with Gasteiger partial charge in [-0.15, -0.1) is 0 Å². The fraction of sp³-hybridized carbons (Fsp3) is 0.750. The summed E-state index contributed by atoms with van der Waals surface area (Å²) in [5, 5.41) is 3.31. The van der Waals surface area contributed by atoms with Gasteiger partial charge in [-0.25, -0.2) is 0 Å². The van der Waals surface area contributed by atoms with Crippen LogP contribution < -0.4 is 5.32 Å². The highest BCUT2D eigenvalue weighted by atomic mass is 16.2. The summed E-state index contributed by atoms with van der Waals surface area (Å²) in [6, 6.07) is 0.233. The monoisotopic (exact) mass is 265 g/mol. The summed E-state index contributed by atoms with van der Waals surface area (Å²) in [5.74, 6) is 0.430. The second-order valence-electron chi connectivity index (χ2n) is 7.11. The van der Waals surface area contributed by atoms with Gasteiger partial charge in [0.1, 0.15) is 0 Å². The van der Waals surface area contributed by atoms with Crippen LogP contribution in [0.4, 0.5) is 0 Å². The molecular formula is C16H27NO2. The lowest BCUT2D eigenvalue weighted by atomic mass is 9.73. The molecule has 0 bridgehead atoms. The van der Waals surface area contributed by atoms with Crippen LogP contribution in [-0.2, 0) is 9.59 Å². The minimum absolute atomic E-state index is 0.00468. The van der Waals surface area contributed by atoms with Crippen molar-refractivity contribution >= 4 is 11.6 Å². The van der Waals surface area contributed by atoms with E-state index >= 15 is 0 Å². The smallest absolute Gasteiger partial charge is 0.168 e. The molecule has 3 heteroatoms. The number of allylic oxidation sites excluding steroid dienone is 2. The van der Waals surface area contributed by atoms with Crippen molar-refractivity contribution in [2.24, 2.45) is 11.3 Å². The molecule has 19 heavy (non-hydrogen) atoms. The van der Waals surface area contributed by atoms with Crippen LogP contribution in [0.1, 0.15) is 60.8 Å². The molecule has 3 nitrogen and oxygen atoms in total. The number of carbonyl (C=O) groups excluding carboxylic acids is 2. The summed E-state index contributed by atoms with van der Waals surface area (Å²) in [7, 11) is 0. The summed E-state index contributed by atoms with van der Waals surface area (Å²) in [6.07, 6.45) is 1.69. The Labute approximate surface area is 116 Å². The van der Waals surface area contributed by atoms with Gasteiger partial charge in [-0.3, -0.25) is 9.59 Å². The Bertz CT molecular complexity index is 369. The summed E-state index contributed by atoms with van der Waals surface area (Å²) in [4.78, 5) is 24.6. The van der Waals surface area contributed by atoms with Gasteiger partial charge < -0.3 is 5.32 Å². The number of hydrogen-bond donors (Lipinski definition) is 1. The Morgan fingerprint density at radius 2 is 1.58 bits per heavy atom. The first-order valence-electron chi connectivity index (χ1n) is 7.18. The molecule has 1 saturated carbocycles. The predicted molar refractivity (Wildman–Crippen MR) is 77.8 cm³/mol. The number of carbonyl (C=O) groups is 2. The topological polar surface area (TPSA) is 46.2 Å².